The lowest BCUT2D eigenvalue weighted by Gasteiger charge is -2.24. The Morgan fingerprint density at radius 3 is 1.75 bits per heavy atom. The molecule has 0 bridgehead atoms. The highest BCUT2D eigenvalue weighted by atomic mass is 19.1. The summed E-state index contributed by atoms with van der Waals surface area (Å²) < 4.78 is 14.2. The van der Waals surface area contributed by atoms with Gasteiger partial charge in [-0.1, -0.05) is 119 Å². The zero-order chi connectivity index (χ0) is 19.8. The van der Waals surface area contributed by atoms with E-state index >= 15 is 0 Å². The highest BCUT2D eigenvalue weighted by Gasteiger charge is 2.15. The van der Waals surface area contributed by atoms with Crippen LogP contribution in [0.4, 0.5) is 4.39 Å². The van der Waals surface area contributed by atoms with Gasteiger partial charge < -0.3 is 0 Å². The van der Waals surface area contributed by atoms with E-state index in [4.69, 9.17) is 0 Å². The van der Waals surface area contributed by atoms with Crippen LogP contribution < -0.4 is 0 Å². The quantitative estimate of drug-likeness (QED) is 0.432. The lowest BCUT2D eigenvalue weighted by atomic mass is 9.82. The highest BCUT2D eigenvalue weighted by molar-refractivity contribution is 5.70. The van der Waals surface area contributed by atoms with Crippen LogP contribution in [0.1, 0.15) is 46.0 Å². The monoisotopic (exact) mass is 374 g/mol. The van der Waals surface area contributed by atoms with E-state index in [-0.39, 0.29) is 5.82 Å². The first-order valence-corrected chi connectivity index (χ1v) is 10.6. The van der Waals surface area contributed by atoms with Gasteiger partial charge >= 0.3 is 0 Å². The molecule has 0 radical (unpaired) electrons. The predicted octanol–water partition coefficient (Wildman–Crippen LogP) is 8.38. The molecule has 0 unspecified atom stereocenters. The second-order valence-electron chi connectivity index (χ2n) is 8.07. The molecule has 0 spiro atoms. The predicted molar refractivity (Wildman–Crippen MR) is 119 cm³/mol. The average Bonchev–Trinajstić information content (AvgIpc) is 2.76. The smallest absolute Gasteiger partial charge is 0.131 e. The molecule has 1 aliphatic rings. The van der Waals surface area contributed by atoms with Gasteiger partial charge in [0.15, 0.2) is 0 Å². The van der Waals surface area contributed by atoms with E-state index in [2.05, 4.69) is 13.8 Å². The summed E-state index contributed by atoms with van der Waals surface area (Å²) in [5.41, 5.74) is 3.47. The molecule has 28 heavy (non-hydrogen) atoms. The Morgan fingerprint density at radius 1 is 0.679 bits per heavy atom. The third-order valence-electron chi connectivity index (χ3n) is 5.75. The maximum atomic E-state index is 14.2. The summed E-state index contributed by atoms with van der Waals surface area (Å²) >= 11 is 0. The molecule has 1 fully saturated rings. The van der Waals surface area contributed by atoms with Crippen molar-refractivity contribution in [3.63, 3.8) is 0 Å². The van der Waals surface area contributed by atoms with E-state index in [9.17, 15) is 4.39 Å². The van der Waals surface area contributed by atoms with Gasteiger partial charge in [0.05, 0.1) is 0 Å². The number of rotatable bonds is 3. The van der Waals surface area contributed by atoms with E-state index in [1.165, 1.54) is 32.1 Å². The minimum absolute atomic E-state index is 0.187. The average molecular weight is 375 g/mol. The number of halogens is 1. The molecular weight excluding hydrogens is 343 g/mol. The minimum Gasteiger partial charge on any atom is -0.206 e. The normalized spacial score (nSPS) is 14.4. The standard InChI is InChI=1S/C18H13F.C9H18/c19-18-13-16(14-7-3-1-4-8-14)11-12-17(18)15-9-5-2-6-10-15;1-8(2)9-6-4-3-5-7-9/h1-13H;8-9H,3-7H2,1-2H3. The Hall–Kier alpha value is -2.41. The van der Waals surface area contributed by atoms with Crippen molar-refractivity contribution < 1.29 is 4.39 Å². The molecule has 1 aliphatic carbocycles. The molecule has 0 amide bonds. The van der Waals surface area contributed by atoms with Crippen molar-refractivity contribution in [3.05, 3.63) is 84.7 Å². The molecule has 1 saturated carbocycles. The SMILES string of the molecule is CC(C)C1CCCCC1.Fc1cc(-c2ccccc2)ccc1-c1ccccc1. The number of hydrogen-bond acceptors (Lipinski definition) is 0. The van der Waals surface area contributed by atoms with Gasteiger partial charge in [0, 0.05) is 5.56 Å². The van der Waals surface area contributed by atoms with Crippen LogP contribution in [0.5, 0.6) is 0 Å². The maximum Gasteiger partial charge on any atom is 0.131 e. The first-order valence-electron chi connectivity index (χ1n) is 10.6. The molecule has 0 heterocycles. The lowest BCUT2D eigenvalue weighted by molar-refractivity contribution is 0.279. The van der Waals surface area contributed by atoms with Gasteiger partial charge in [-0.25, -0.2) is 4.39 Å². The zero-order valence-corrected chi connectivity index (χ0v) is 17.1. The van der Waals surface area contributed by atoms with Crippen LogP contribution in [0.3, 0.4) is 0 Å². The zero-order valence-electron chi connectivity index (χ0n) is 17.1. The Kier molecular flexibility index (Phi) is 7.42. The molecule has 0 aromatic heterocycles. The van der Waals surface area contributed by atoms with Crippen LogP contribution in [-0.2, 0) is 0 Å². The van der Waals surface area contributed by atoms with Gasteiger partial charge in [0.1, 0.15) is 5.82 Å². The van der Waals surface area contributed by atoms with E-state index in [0.29, 0.717) is 5.56 Å². The fourth-order valence-electron chi connectivity index (χ4n) is 3.98. The molecule has 3 aromatic carbocycles. The number of benzene rings is 3. The van der Waals surface area contributed by atoms with E-state index in [0.717, 1.165) is 28.5 Å². The van der Waals surface area contributed by atoms with Crippen LogP contribution in [-0.4, -0.2) is 0 Å². The fraction of sp³-hybridized carbons (Fsp3) is 0.333. The molecule has 1 heteroatoms. The van der Waals surface area contributed by atoms with Gasteiger partial charge in [-0.2, -0.15) is 0 Å². The molecule has 0 aliphatic heterocycles. The van der Waals surface area contributed by atoms with E-state index < -0.39 is 0 Å². The Bertz CT molecular complexity index is 831. The summed E-state index contributed by atoms with van der Waals surface area (Å²) in [7, 11) is 0. The number of hydrogen-bond donors (Lipinski definition) is 0. The molecule has 0 saturated heterocycles. The van der Waals surface area contributed by atoms with Crippen molar-refractivity contribution in [2.45, 2.75) is 46.0 Å². The molecule has 0 nitrogen and oxygen atoms in total. The fourth-order valence-corrected chi connectivity index (χ4v) is 3.98. The van der Waals surface area contributed by atoms with Gasteiger partial charge in [0.2, 0.25) is 0 Å². The van der Waals surface area contributed by atoms with Crippen molar-refractivity contribution in [2.75, 3.05) is 0 Å². The third-order valence-corrected chi connectivity index (χ3v) is 5.75. The van der Waals surface area contributed by atoms with E-state index in [1.807, 2.05) is 72.8 Å². The van der Waals surface area contributed by atoms with Crippen LogP contribution in [0, 0.1) is 17.7 Å². The third kappa shape index (κ3) is 5.55. The van der Waals surface area contributed by atoms with Gasteiger partial charge in [-0.15, -0.1) is 0 Å². The van der Waals surface area contributed by atoms with Crippen LogP contribution in [0.15, 0.2) is 78.9 Å². The van der Waals surface area contributed by atoms with Crippen LogP contribution >= 0.6 is 0 Å². The summed E-state index contributed by atoms with van der Waals surface area (Å²) in [6.45, 7) is 4.71. The van der Waals surface area contributed by atoms with Crippen molar-refractivity contribution >= 4 is 0 Å². The molecule has 0 N–H and O–H groups in total. The molecule has 0 atom stereocenters. The van der Waals surface area contributed by atoms with Crippen molar-refractivity contribution in [2.24, 2.45) is 11.8 Å². The Balaban J connectivity index is 0.000000211. The summed E-state index contributed by atoms with van der Waals surface area (Å²) in [4.78, 5) is 0. The largest absolute Gasteiger partial charge is 0.206 e. The van der Waals surface area contributed by atoms with E-state index in [1.54, 1.807) is 6.07 Å². The summed E-state index contributed by atoms with van der Waals surface area (Å²) in [5, 5.41) is 0. The summed E-state index contributed by atoms with van der Waals surface area (Å²) in [6, 6.07) is 24.8. The van der Waals surface area contributed by atoms with Crippen molar-refractivity contribution in [1.29, 1.82) is 0 Å². The molecular formula is C27H31F. The van der Waals surface area contributed by atoms with Gasteiger partial charge in [-0.3, -0.25) is 0 Å². The van der Waals surface area contributed by atoms with Crippen molar-refractivity contribution in [1.82, 2.24) is 0 Å². The minimum atomic E-state index is -0.187. The topological polar surface area (TPSA) is 0 Å². The van der Waals surface area contributed by atoms with Gasteiger partial charge in [0.25, 0.3) is 0 Å². The van der Waals surface area contributed by atoms with Crippen LogP contribution in [0.25, 0.3) is 22.3 Å². The van der Waals surface area contributed by atoms with Crippen molar-refractivity contribution in [3.8, 4) is 22.3 Å². The first kappa shape index (κ1) is 20.3. The summed E-state index contributed by atoms with van der Waals surface area (Å²) in [5.74, 6) is 1.80. The molecule has 146 valence electrons. The Morgan fingerprint density at radius 2 is 1.25 bits per heavy atom. The second-order valence-corrected chi connectivity index (χ2v) is 8.07. The molecule has 4 rings (SSSR count). The Labute approximate surface area is 169 Å². The molecule has 3 aromatic rings. The second kappa shape index (κ2) is 10.2. The highest BCUT2D eigenvalue weighted by Crippen LogP contribution is 2.29. The first-order chi connectivity index (χ1) is 13.6. The lowest BCUT2D eigenvalue weighted by Crippen LogP contribution is -2.12. The van der Waals surface area contributed by atoms with Gasteiger partial charge in [-0.05, 0) is 34.6 Å². The maximum absolute atomic E-state index is 14.2. The van der Waals surface area contributed by atoms with Crippen LogP contribution in [0.2, 0.25) is 0 Å². The summed E-state index contributed by atoms with van der Waals surface area (Å²) in [6.07, 6.45) is 7.46.